The van der Waals surface area contributed by atoms with Crippen LogP contribution in [0.15, 0.2) is 24.3 Å². The largest absolute Gasteiger partial charge is 0.359 e. The second kappa shape index (κ2) is 3.95. The highest BCUT2D eigenvalue weighted by Crippen LogP contribution is 2.23. The molecule has 0 spiro atoms. The fourth-order valence-corrected chi connectivity index (χ4v) is 1.59. The number of nitrogens with one attached hydrogen (secondary N) is 2. The van der Waals surface area contributed by atoms with Gasteiger partial charge in [0.25, 0.3) is 0 Å². The summed E-state index contributed by atoms with van der Waals surface area (Å²) in [6, 6.07) is 7.66. The molecule has 2 N–H and O–H groups in total. The van der Waals surface area contributed by atoms with E-state index in [0.29, 0.717) is 0 Å². The number of rotatable bonds is 2. The van der Waals surface area contributed by atoms with Crippen LogP contribution in [0.5, 0.6) is 0 Å². The van der Waals surface area contributed by atoms with Crippen molar-refractivity contribution < 1.29 is 0 Å². The SMILES string of the molecule is CNc1nc(-c2ccc(Cl)cc2)c(C)[nH]1. The zero-order valence-electron chi connectivity index (χ0n) is 8.63. The first kappa shape index (κ1) is 10.1. The molecule has 0 aliphatic rings. The molecule has 0 unspecified atom stereocenters. The molecule has 2 rings (SSSR count). The summed E-state index contributed by atoms with van der Waals surface area (Å²) in [6.07, 6.45) is 0. The Labute approximate surface area is 93.5 Å². The second-order valence-corrected chi connectivity index (χ2v) is 3.75. The van der Waals surface area contributed by atoms with Crippen LogP contribution >= 0.6 is 11.6 Å². The highest BCUT2D eigenvalue weighted by Gasteiger charge is 2.07. The van der Waals surface area contributed by atoms with Crippen LogP contribution < -0.4 is 5.32 Å². The van der Waals surface area contributed by atoms with Crippen molar-refractivity contribution in [3.63, 3.8) is 0 Å². The minimum atomic E-state index is 0.737. The van der Waals surface area contributed by atoms with Crippen LogP contribution in [0, 0.1) is 6.92 Å². The average Bonchev–Trinajstić information content (AvgIpc) is 2.61. The first-order valence-corrected chi connectivity index (χ1v) is 5.09. The van der Waals surface area contributed by atoms with Crippen LogP contribution in [0.25, 0.3) is 11.3 Å². The summed E-state index contributed by atoms with van der Waals surface area (Å²) in [5, 5.41) is 3.71. The molecule has 4 heteroatoms. The molecule has 0 bridgehead atoms. The van der Waals surface area contributed by atoms with Gasteiger partial charge in [-0.2, -0.15) is 0 Å². The lowest BCUT2D eigenvalue weighted by Gasteiger charge is -1.97. The number of H-pyrrole nitrogens is 1. The van der Waals surface area contributed by atoms with Crippen molar-refractivity contribution in [2.24, 2.45) is 0 Å². The van der Waals surface area contributed by atoms with E-state index in [4.69, 9.17) is 11.6 Å². The number of aromatic amines is 1. The maximum Gasteiger partial charge on any atom is 0.200 e. The zero-order chi connectivity index (χ0) is 10.8. The maximum absolute atomic E-state index is 5.83. The van der Waals surface area contributed by atoms with Gasteiger partial charge < -0.3 is 10.3 Å². The molecule has 0 atom stereocenters. The van der Waals surface area contributed by atoms with Crippen molar-refractivity contribution in [1.29, 1.82) is 0 Å². The van der Waals surface area contributed by atoms with Gasteiger partial charge in [-0.05, 0) is 19.1 Å². The minimum absolute atomic E-state index is 0.737. The van der Waals surface area contributed by atoms with E-state index in [1.165, 1.54) is 0 Å². The molecule has 15 heavy (non-hydrogen) atoms. The van der Waals surface area contributed by atoms with Crippen molar-refractivity contribution in [2.45, 2.75) is 6.92 Å². The Morgan fingerprint density at radius 3 is 2.47 bits per heavy atom. The normalized spacial score (nSPS) is 10.3. The van der Waals surface area contributed by atoms with Gasteiger partial charge in [-0.15, -0.1) is 0 Å². The third-order valence-electron chi connectivity index (χ3n) is 2.24. The van der Waals surface area contributed by atoms with Gasteiger partial charge in [-0.25, -0.2) is 4.98 Å². The lowest BCUT2D eigenvalue weighted by atomic mass is 10.1. The summed E-state index contributed by atoms with van der Waals surface area (Å²) in [6.45, 7) is 2.00. The Morgan fingerprint density at radius 1 is 1.27 bits per heavy atom. The molecule has 1 aromatic carbocycles. The van der Waals surface area contributed by atoms with Crippen LogP contribution in [0.4, 0.5) is 5.95 Å². The van der Waals surface area contributed by atoms with Crippen molar-refractivity contribution in [1.82, 2.24) is 9.97 Å². The zero-order valence-corrected chi connectivity index (χ0v) is 9.39. The van der Waals surface area contributed by atoms with Gasteiger partial charge in [0.1, 0.15) is 0 Å². The van der Waals surface area contributed by atoms with Crippen LogP contribution in [0.2, 0.25) is 5.02 Å². The molecular formula is C11H12ClN3. The molecule has 1 aromatic heterocycles. The van der Waals surface area contributed by atoms with Gasteiger partial charge in [-0.3, -0.25) is 0 Å². The van der Waals surface area contributed by atoms with Gasteiger partial charge >= 0.3 is 0 Å². The summed E-state index contributed by atoms with van der Waals surface area (Å²) in [5.74, 6) is 0.775. The van der Waals surface area contributed by atoms with E-state index in [1.807, 2.05) is 38.2 Å². The lowest BCUT2D eigenvalue weighted by Crippen LogP contribution is -1.89. The van der Waals surface area contributed by atoms with E-state index < -0.39 is 0 Å². The topological polar surface area (TPSA) is 40.7 Å². The molecule has 3 nitrogen and oxygen atoms in total. The smallest absolute Gasteiger partial charge is 0.200 e. The Bertz CT molecular complexity index is 459. The van der Waals surface area contributed by atoms with Gasteiger partial charge in [0.15, 0.2) is 0 Å². The number of nitrogens with zero attached hydrogens (tertiary/aromatic N) is 1. The van der Waals surface area contributed by atoms with Crippen molar-refractivity contribution in [2.75, 3.05) is 12.4 Å². The Balaban J connectivity index is 2.44. The number of benzene rings is 1. The molecule has 78 valence electrons. The number of halogens is 1. The van der Waals surface area contributed by atoms with Gasteiger partial charge in [-0.1, -0.05) is 23.7 Å². The van der Waals surface area contributed by atoms with E-state index in [2.05, 4.69) is 15.3 Å². The van der Waals surface area contributed by atoms with E-state index in [-0.39, 0.29) is 0 Å². The third-order valence-corrected chi connectivity index (χ3v) is 2.49. The number of aromatic nitrogens is 2. The molecular weight excluding hydrogens is 210 g/mol. The van der Waals surface area contributed by atoms with Crippen LogP contribution in [-0.2, 0) is 0 Å². The third kappa shape index (κ3) is 1.97. The highest BCUT2D eigenvalue weighted by molar-refractivity contribution is 6.30. The monoisotopic (exact) mass is 221 g/mol. The number of anilines is 1. The standard InChI is InChI=1S/C11H12ClN3/c1-7-10(15-11(13-2)14-7)8-3-5-9(12)6-4-8/h3-6H,1-2H3,(H2,13,14,15). The molecule has 0 radical (unpaired) electrons. The van der Waals surface area contributed by atoms with Crippen molar-refractivity contribution in [3.8, 4) is 11.3 Å². The summed E-state index contributed by atoms with van der Waals surface area (Å²) in [4.78, 5) is 7.57. The predicted molar refractivity (Wildman–Crippen MR) is 63.3 cm³/mol. The van der Waals surface area contributed by atoms with Crippen LogP contribution in [0.3, 0.4) is 0 Å². The van der Waals surface area contributed by atoms with Crippen molar-refractivity contribution in [3.05, 3.63) is 35.0 Å². The summed E-state index contributed by atoms with van der Waals surface area (Å²) >= 11 is 5.83. The molecule has 0 fully saturated rings. The molecule has 0 saturated heterocycles. The first-order valence-electron chi connectivity index (χ1n) is 4.71. The summed E-state index contributed by atoms with van der Waals surface area (Å²) in [5.41, 5.74) is 3.06. The van der Waals surface area contributed by atoms with E-state index in [0.717, 1.165) is 27.9 Å². The van der Waals surface area contributed by atoms with Crippen molar-refractivity contribution >= 4 is 17.5 Å². The highest BCUT2D eigenvalue weighted by atomic mass is 35.5. The van der Waals surface area contributed by atoms with Gasteiger partial charge in [0.05, 0.1) is 5.69 Å². The van der Waals surface area contributed by atoms with E-state index in [9.17, 15) is 0 Å². The Kier molecular flexibility index (Phi) is 2.64. The quantitative estimate of drug-likeness (QED) is 0.818. The Morgan fingerprint density at radius 2 is 1.93 bits per heavy atom. The molecule has 2 aromatic rings. The molecule has 1 heterocycles. The molecule has 0 aliphatic carbocycles. The Hall–Kier alpha value is -1.48. The number of hydrogen-bond donors (Lipinski definition) is 2. The predicted octanol–water partition coefficient (Wildman–Crippen LogP) is 3.08. The van der Waals surface area contributed by atoms with Crippen LogP contribution in [0.1, 0.15) is 5.69 Å². The first-order chi connectivity index (χ1) is 7.20. The average molecular weight is 222 g/mol. The molecule has 0 aliphatic heterocycles. The second-order valence-electron chi connectivity index (χ2n) is 3.32. The summed E-state index contributed by atoms with van der Waals surface area (Å²) < 4.78 is 0. The molecule has 0 amide bonds. The number of imidazole rings is 1. The molecule has 0 saturated carbocycles. The van der Waals surface area contributed by atoms with E-state index >= 15 is 0 Å². The number of hydrogen-bond acceptors (Lipinski definition) is 2. The lowest BCUT2D eigenvalue weighted by molar-refractivity contribution is 1.23. The number of aryl methyl sites for hydroxylation is 1. The fourth-order valence-electron chi connectivity index (χ4n) is 1.47. The minimum Gasteiger partial charge on any atom is -0.359 e. The summed E-state index contributed by atoms with van der Waals surface area (Å²) in [7, 11) is 1.84. The van der Waals surface area contributed by atoms with Gasteiger partial charge in [0.2, 0.25) is 5.95 Å². The van der Waals surface area contributed by atoms with Crippen LogP contribution in [-0.4, -0.2) is 17.0 Å². The van der Waals surface area contributed by atoms with Gasteiger partial charge in [0, 0.05) is 23.3 Å². The van der Waals surface area contributed by atoms with E-state index in [1.54, 1.807) is 0 Å². The fraction of sp³-hybridized carbons (Fsp3) is 0.182. The maximum atomic E-state index is 5.83.